The summed E-state index contributed by atoms with van der Waals surface area (Å²) in [6, 6.07) is 12.2. The largest absolute Gasteiger partial charge is 0.370 e. The van der Waals surface area contributed by atoms with Crippen LogP contribution in [0.2, 0.25) is 0 Å². The van der Waals surface area contributed by atoms with Gasteiger partial charge in [0.25, 0.3) is 5.91 Å². The number of thiophene rings is 1. The minimum atomic E-state index is -0.117. The predicted octanol–water partition coefficient (Wildman–Crippen LogP) is 5.37. The van der Waals surface area contributed by atoms with E-state index in [4.69, 9.17) is 0 Å². The number of likely N-dealkylation sites (tertiary alicyclic amines) is 1. The third kappa shape index (κ3) is 4.90. The Kier molecular flexibility index (Phi) is 7.05. The number of hydrogen-bond acceptors (Lipinski definition) is 4. The van der Waals surface area contributed by atoms with E-state index < -0.39 is 0 Å². The van der Waals surface area contributed by atoms with Crippen LogP contribution in [0.1, 0.15) is 42.3 Å². The van der Waals surface area contributed by atoms with Crippen molar-refractivity contribution in [2.24, 2.45) is 0 Å². The van der Waals surface area contributed by atoms with Gasteiger partial charge in [0, 0.05) is 24.0 Å². The zero-order chi connectivity index (χ0) is 19.8. The minimum absolute atomic E-state index is 0.117. The summed E-state index contributed by atoms with van der Waals surface area (Å²) < 4.78 is 1.10. The molecule has 1 saturated heterocycles. The van der Waals surface area contributed by atoms with E-state index in [0.29, 0.717) is 10.5 Å². The van der Waals surface area contributed by atoms with E-state index in [2.05, 4.69) is 16.3 Å². The topological polar surface area (TPSA) is 56.1 Å². The zero-order valence-corrected chi connectivity index (χ0v) is 17.0. The molecule has 0 aliphatic carbocycles. The van der Waals surface area contributed by atoms with E-state index in [0.717, 1.165) is 41.7 Å². The minimum Gasteiger partial charge on any atom is -0.370 e. The van der Waals surface area contributed by atoms with Crippen molar-refractivity contribution in [2.75, 3.05) is 13.1 Å². The molecule has 1 N–H and O–H groups in total. The summed E-state index contributed by atoms with van der Waals surface area (Å²) in [6.45, 7) is 3.82. The van der Waals surface area contributed by atoms with Crippen LogP contribution in [0, 0.1) is 11.3 Å². The van der Waals surface area contributed by atoms with Gasteiger partial charge in [-0.05, 0) is 49.4 Å². The Morgan fingerprint density at radius 3 is 2.64 bits per heavy atom. The fourth-order valence-electron chi connectivity index (χ4n) is 3.37. The van der Waals surface area contributed by atoms with Crippen LogP contribution in [0.4, 0.5) is 0 Å². The molecule has 0 atom stereocenters. The Labute approximate surface area is 170 Å². The van der Waals surface area contributed by atoms with Crippen molar-refractivity contribution in [3.63, 3.8) is 0 Å². The Balaban J connectivity index is 1.71. The normalized spacial score (nSPS) is 16.2. The molecule has 0 radical (unpaired) electrons. The van der Waals surface area contributed by atoms with Gasteiger partial charge in [-0.1, -0.05) is 37.1 Å². The average Bonchev–Trinajstić information content (AvgIpc) is 2.98. The quantitative estimate of drug-likeness (QED) is 0.550. The number of fused-ring (bicyclic) bond motifs is 1. The summed E-state index contributed by atoms with van der Waals surface area (Å²) in [5.41, 5.74) is 1.60. The SMILES string of the molecule is C\C=C(C#N)/C(=C\C=C\NC(=O)c1cc2ccccc2s1)N1CCCCCC1. The molecule has 5 heteroatoms. The van der Waals surface area contributed by atoms with Crippen molar-refractivity contribution in [3.8, 4) is 6.07 Å². The van der Waals surface area contributed by atoms with Crippen LogP contribution in [-0.4, -0.2) is 23.9 Å². The van der Waals surface area contributed by atoms with E-state index in [1.807, 2.05) is 55.5 Å². The van der Waals surface area contributed by atoms with Crippen molar-refractivity contribution >= 4 is 27.3 Å². The number of allylic oxidation sites excluding steroid dienone is 4. The lowest BCUT2D eigenvalue weighted by atomic mass is 10.1. The zero-order valence-electron chi connectivity index (χ0n) is 16.1. The Bertz CT molecular complexity index is 921. The molecule has 0 spiro atoms. The van der Waals surface area contributed by atoms with Crippen LogP contribution < -0.4 is 5.32 Å². The van der Waals surface area contributed by atoms with Crippen LogP contribution in [0.5, 0.6) is 0 Å². The molecule has 1 amide bonds. The number of nitrogens with one attached hydrogen (secondary N) is 1. The van der Waals surface area contributed by atoms with Crippen molar-refractivity contribution in [1.29, 1.82) is 5.26 Å². The van der Waals surface area contributed by atoms with Gasteiger partial charge in [0.2, 0.25) is 0 Å². The van der Waals surface area contributed by atoms with E-state index in [1.165, 1.54) is 24.2 Å². The van der Waals surface area contributed by atoms with Gasteiger partial charge in [-0.2, -0.15) is 5.26 Å². The van der Waals surface area contributed by atoms with E-state index in [1.54, 1.807) is 6.20 Å². The standard InChI is InChI=1S/C23H25N3OS/c1-2-18(17-24)20(26-14-7-3-4-8-15-26)11-9-13-25-23(27)22-16-19-10-5-6-12-21(19)28-22/h2,5-6,9-13,16H,3-4,7-8,14-15H2,1H3,(H,25,27)/b13-9+,18-2-,20-11+. The molecule has 1 aromatic heterocycles. The van der Waals surface area contributed by atoms with E-state index in [-0.39, 0.29) is 5.91 Å². The number of nitriles is 1. The third-order valence-electron chi connectivity index (χ3n) is 4.85. The highest BCUT2D eigenvalue weighted by Crippen LogP contribution is 2.25. The molecule has 1 fully saturated rings. The molecule has 0 saturated carbocycles. The Morgan fingerprint density at radius 1 is 1.21 bits per heavy atom. The number of carbonyl (C=O) groups excluding carboxylic acids is 1. The molecular formula is C23H25N3OS. The van der Waals surface area contributed by atoms with Crippen molar-refractivity contribution in [3.05, 3.63) is 70.9 Å². The first-order valence-corrected chi connectivity index (χ1v) is 10.5. The van der Waals surface area contributed by atoms with Gasteiger partial charge in [0.05, 0.1) is 16.1 Å². The molecule has 0 unspecified atom stereocenters. The average molecular weight is 392 g/mol. The molecule has 3 rings (SSSR count). The second-order valence-electron chi connectivity index (χ2n) is 6.75. The van der Waals surface area contributed by atoms with Crippen molar-refractivity contribution in [1.82, 2.24) is 10.2 Å². The summed E-state index contributed by atoms with van der Waals surface area (Å²) in [7, 11) is 0. The second kappa shape index (κ2) is 9.91. The molecule has 1 aliphatic rings. The van der Waals surface area contributed by atoms with Crippen LogP contribution in [0.3, 0.4) is 0 Å². The van der Waals surface area contributed by atoms with Crippen LogP contribution in [0.25, 0.3) is 10.1 Å². The summed E-state index contributed by atoms with van der Waals surface area (Å²) in [4.78, 5) is 15.4. The number of benzene rings is 1. The summed E-state index contributed by atoms with van der Waals surface area (Å²) >= 11 is 1.49. The highest BCUT2D eigenvalue weighted by atomic mass is 32.1. The highest BCUT2D eigenvalue weighted by molar-refractivity contribution is 7.20. The Morgan fingerprint density at radius 2 is 1.96 bits per heavy atom. The molecule has 28 heavy (non-hydrogen) atoms. The van der Waals surface area contributed by atoms with Gasteiger partial charge >= 0.3 is 0 Å². The molecule has 4 nitrogen and oxygen atoms in total. The van der Waals surface area contributed by atoms with Crippen LogP contribution in [-0.2, 0) is 0 Å². The first-order valence-electron chi connectivity index (χ1n) is 9.71. The van der Waals surface area contributed by atoms with Gasteiger partial charge in [0.15, 0.2) is 0 Å². The van der Waals surface area contributed by atoms with Gasteiger partial charge < -0.3 is 10.2 Å². The fraction of sp³-hybridized carbons (Fsp3) is 0.304. The molecule has 1 aromatic carbocycles. The van der Waals surface area contributed by atoms with Crippen molar-refractivity contribution < 1.29 is 4.79 Å². The highest BCUT2D eigenvalue weighted by Gasteiger charge is 2.15. The van der Waals surface area contributed by atoms with Crippen molar-refractivity contribution in [2.45, 2.75) is 32.6 Å². The monoisotopic (exact) mass is 391 g/mol. The predicted molar refractivity (Wildman–Crippen MR) is 116 cm³/mol. The maximum Gasteiger partial charge on any atom is 0.265 e. The lowest BCUT2D eigenvalue weighted by Gasteiger charge is -2.25. The van der Waals surface area contributed by atoms with Gasteiger partial charge in [-0.3, -0.25) is 4.79 Å². The molecular weight excluding hydrogens is 366 g/mol. The number of rotatable bonds is 5. The van der Waals surface area contributed by atoms with Crippen LogP contribution in [0.15, 0.2) is 66.0 Å². The lowest BCUT2D eigenvalue weighted by molar-refractivity contribution is 0.0974. The van der Waals surface area contributed by atoms with Gasteiger partial charge in [-0.15, -0.1) is 11.3 Å². The molecule has 1 aliphatic heterocycles. The second-order valence-corrected chi connectivity index (χ2v) is 7.83. The number of hydrogen-bond donors (Lipinski definition) is 1. The van der Waals surface area contributed by atoms with Gasteiger partial charge in [0.1, 0.15) is 6.07 Å². The first kappa shape index (κ1) is 19.9. The maximum atomic E-state index is 12.4. The molecule has 144 valence electrons. The summed E-state index contributed by atoms with van der Waals surface area (Å²) in [6.07, 6.45) is 12.0. The summed E-state index contributed by atoms with van der Waals surface area (Å²) in [5.74, 6) is -0.117. The lowest BCUT2D eigenvalue weighted by Crippen LogP contribution is -2.25. The maximum absolute atomic E-state index is 12.4. The van der Waals surface area contributed by atoms with E-state index in [9.17, 15) is 10.1 Å². The van der Waals surface area contributed by atoms with Gasteiger partial charge in [-0.25, -0.2) is 0 Å². The number of amides is 1. The van der Waals surface area contributed by atoms with E-state index >= 15 is 0 Å². The van der Waals surface area contributed by atoms with Crippen LogP contribution >= 0.6 is 11.3 Å². The molecule has 0 bridgehead atoms. The number of carbonyl (C=O) groups is 1. The third-order valence-corrected chi connectivity index (χ3v) is 5.96. The first-order chi connectivity index (χ1) is 13.7. The summed E-state index contributed by atoms with van der Waals surface area (Å²) in [5, 5.41) is 13.4. The fourth-order valence-corrected chi connectivity index (χ4v) is 4.34. The smallest absolute Gasteiger partial charge is 0.265 e. The Hall–Kier alpha value is -2.84. The molecule has 2 heterocycles. The molecule has 2 aromatic rings. The number of nitrogens with zero attached hydrogens (tertiary/aromatic N) is 2.